The fraction of sp³-hybridized carbons (Fsp3) is 0.217. The first kappa shape index (κ1) is 22.7. The topological polar surface area (TPSA) is 49.7 Å². The third kappa shape index (κ3) is 4.72. The van der Waals surface area contributed by atoms with Crippen molar-refractivity contribution in [3.8, 4) is 16.9 Å². The van der Waals surface area contributed by atoms with Gasteiger partial charge in [0.1, 0.15) is 11.6 Å². The predicted molar refractivity (Wildman–Crippen MR) is 121 cm³/mol. The van der Waals surface area contributed by atoms with Crippen LogP contribution >= 0.6 is 0 Å². The molecule has 3 aromatic carbocycles. The molecule has 0 spiro atoms. The highest BCUT2D eigenvalue weighted by atomic mass is 19.1. The van der Waals surface area contributed by atoms with Crippen molar-refractivity contribution in [3.63, 3.8) is 0 Å². The molecule has 0 aliphatic carbocycles. The Morgan fingerprint density at radius 1 is 0.828 bits per heavy atom. The minimum absolute atomic E-state index is 0. The zero-order chi connectivity index (χ0) is 18.8. The Bertz CT molecular complexity index is 964. The van der Waals surface area contributed by atoms with E-state index >= 15 is 0 Å². The molecule has 0 radical (unpaired) electrons. The van der Waals surface area contributed by atoms with Crippen LogP contribution in [0.5, 0.6) is 5.75 Å². The molecule has 3 nitrogen and oxygen atoms in total. The summed E-state index contributed by atoms with van der Waals surface area (Å²) in [5, 5.41) is 19.3. The Kier molecular flexibility index (Phi) is 7.66. The van der Waals surface area contributed by atoms with Crippen LogP contribution in [0, 0.1) is 5.82 Å². The Morgan fingerprint density at radius 2 is 1.52 bits per heavy atom. The molecule has 0 atom stereocenters. The summed E-state index contributed by atoms with van der Waals surface area (Å²) in [5.74, 6) is 0.534. The molecule has 0 fully saturated rings. The number of benzene rings is 3. The normalized spacial score (nSPS) is 13.2. The van der Waals surface area contributed by atoms with Crippen LogP contribution in [0.2, 0.25) is 6.32 Å². The lowest BCUT2D eigenvalue weighted by molar-refractivity contribution is 0.431. The van der Waals surface area contributed by atoms with E-state index in [9.17, 15) is 14.4 Å². The van der Waals surface area contributed by atoms with Crippen molar-refractivity contribution in [2.24, 2.45) is 0 Å². The summed E-state index contributed by atoms with van der Waals surface area (Å²) in [7, 11) is -0.851. The van der Waals surface area contributed by atoms with Gasteiger partial charge in [0.25, 0.3) is 0 Å². The molecule has 0 unspecified atom stereocenters. The summed E-state index contributed by atoms with van der Waals surface area (Å²) < 4.78 is 18.2. The second kappa shape index (κ2) is 9.77. The smallest absolute Gasteiger partial charge is 0.532 e. The van der Waals surface area contributed by atoms with Gasteiger partial charge in [0.2, 0.25) is 0 Å². The van der Waals surface area contributed by atoms with Gasteiger partial charge in [0, 0.05) is 11.0 Å². The maximum atomic E-state index is 12.7. The van der Waals surface area contributed by atoms with Crippen LogP contribution in [0.25, 0.3) is 11.1 Å². The number of hydrogen-bond donors (Lipinski definition) is 2. The summed E-state index contributed by atoms with van der Waals surface area (Å²) in [6, 6.07) is 20.1. The van der Waals surface area contributed by atoms with Gasteiger partial charge in [-0.3, -0.25) is 0 Å². The van der Waals surface area contributed by atoms with Gasteiger partial charge in [-0.15, -0.1) is 0 Å². The number of hydrogen-bond acceptors (Lipinski definition) is 3. The van der Waals surface area contributed by atoms with E-state index in [1.165, 1.54) is 12.1 Å². The molecule has 2 heterocycles. The highest BCUT2D eigenvalue weighted by Crippen LogP contribution is 2.32. The van der Waals surface area contributed by atoms with Gasteiger partial charge in [-0.2, -0.15) is 0 Å². The van der Waals surface area contributed by atoms with Gasteiger partial charge in [0.15, 0.2) is 0 Å². The zero-order valence-electron chi connectivity index (χ0n) is 14.8. The SMILES string of the molecule is C.C.OB1CCCc2cc(F)ccc21.OB1Oc2ccccc2-c2ccccc21. The van der Waals surface area contributed by atoms with Gasteiger partial charge in [-0.25, -0.2) is 4.39 Å². The van der Waals surface area contributed by atoms with E-state index in [0.29, 0.717) is 0 Å². The molecule has 0 aromatic heterocycles. The summed E-state index contributed by atoms with van der Waals surface area (Å²) in [6.07, 6.45) is 2.65. The molecule has 2 aliphatic rings. The standard InChI is InChI=1S/C12H9BO2.C9H10BFO.2CH4/c14-13-11-7-3-1-5-9(11)10-6-2-4-8-12(10)15-13;11-8-3-4-9-7(6-8)2-1-5-10(9)12;;/h1-8,14H;3-4,6,12H,1-2,5H2;2*1H4. The molecular formula is C23H27B2FO3. The molecule has 5 rings (SSSR count). The Hall–Kier alpha value is -2.56. The van der Waals surface area contributed by atoms with Crippen molar-refractivity contribution < 1.29 is 19.1 Å². The van der Waals surface area contributed by atoms with Gasteiger partial charge in [-0.1, -0.05) is 69.8 Å². The number of fused-ring (bicyclic) bond motifs is 4. The summed E-state index contributed by atoms with van der Waals surface area (Å²) >= 11 is 0. The minimum atomic E-state index is -0.851. The average molecular weight is 392 g/mol. The van der Waals surface area contributed by atoms with Crippen LogP contribution in [0.1, 0.15) is 26.8 Å². The maximum absolute atomic E-state index is 12.7. The fourth-order valence-corrected chi connectivity index (χ4v) is 3.69. The van der Waals surface area contributed by atoms with Crippen molar-refractivity contribution in [3.05, 3.63) is 78.1 Å². The molecule has 0 saturated heterocycles. The van der Waals surface area contributed by atoms with Crippen molar-refractivity contribution in [2.45, 2.75) is 34.0 Å². The molecular weight excluding hydrogens is 365 g/mol. The Balaban J connectivity index is 0.000000198. The van der Waals surface area contributed by atoms with Crippen molar-refractivity contribution in [1.82, 2.24) is 0 Å². The highest BCUT2D eigenvalue weighted by Gasteiger charge is 2.29. The summed E-state index contributed by atoms with van der Waals surface area (Å²) in [5.41, 5.74) is 4.79. The van der Waals surface area contributed by atoms with Crippen molar-refractivity contribution >= 4 is 25.0 Å². The van der Waals surface area contributed by atoms with E-state index in [1.54, 1.807) is 6.07 Å². The molecule has 29 heavy (non-hydrogen) atoms. The highest BCUT2D eigenvalue weighted by molar-refractivity contribution is 6.67. The van der Waals surface area contributed by atoms with E-state index in [1.807, 2.05) is 48.5 Å². The quantitative estimate of drug-likeness (QED) is 0.575. The van der Waals surface area contributed by atoms with Crippen LogP contribution in [0.4, 0.5) is 4.39 Å². The van der Waals surface area contributed by atoms with Gasteiger partial charge in [0.05, 0.1) is 0 Å². The predicted octanol–water partition coefficient (Wildman–Crippen LogP) is 3.67. The van der Waals surface area contributed by atoms with Gasteiger partial charge in [-0.05, 0) is 47.5 Å². The van der Waals surface area contributed by atoms with E-state index in [0.717, 1.165) is 52.5 Å². The lowest BCUT2D eigenvalue weighted by Crippen LogP contribution is -2.40. The van der Waals surface area contributed by atoms with E-state index in [-0.39, 0.29) is 27.6 Å². The third-order valence-electron chi connectivity index (χ3n) is 5.03. The molecule has 0 bridgehead atoms. The number of halogens is 1. The monoisotopic (exact) mass is 392 g/mol. The van der Waals surface area contributed by atoms with E-state index < -0.39 is 7.12 Å². The third-order valence-corrected chi connectivity index (χ3v) is 5.03. The van der Waals surface area contributed by atoms with Gasteiger partial charge >= 0.3 is 14.0 Å². The second-order valence-corrected chi connectivity index (χ2v) is 6.80. The molecule has 3 aromatic rings. The molecule has 2 N–H and O–H groups in total. The first-order valence-electron chi connectivity index (χ1n) is 9.13. The van der Waals surface area contributed by atoms with Crippen LogP contribution in [-0.4, -0.2) is 24.1 Å². The molecule has 0 amide bonds. The summed E-state index contributed by atoms with van der Waals surface area (Å²) in [4.78, 5) is 0. The fourth-order valence-electron chi connectivity index (χ4n) is 3.69. The second-order valence-electron chi connectivity index (χ2n) is 6.80. The Morgan fingerprint density at radius 3 is 2.31 bits per heavy atom. The summed E-state index contributed by atoms with van der Waals surface area (Å²) in [6.45, 7) is -0.380. The number of rotatable bonds is 0. The lowest BCUT2D eigenvalue weighted by Gasteiger charge is -2.22. The molecule has 2 aliphatic heterocycles. The first-order chi connectivity index (χ1) is 13.1. The van der Waals surface area contributed by atoms with Crippen LogP contribution < -0.4 is 15.6 Å². The van der Waals surface area contributed by atoms with Crippen LogP contribution in [-0.2, 0) is 6.42 Å². The molecule has 6 heteroatoms. The van der Waals surface area contributed by atoms with E-state index in [2.05, 4.69) is 0 Å². The first-order valence-corrected chi connectivity index (χ1v) is 9.13. The molecule has 150 valence electrons. The average Bonchev–Trinajstić information content (AvgIpc) is 2.69. The Labute approximate surface area is 173 Å². The zero-order valence-corrected chi connectivity index (χ0v) is 14.8. The molecule has 0 saturated carbocycles. The largest absolute Gasteiger partial charge is 0.560 e. The van der Waals surface area contributed by atoms with Gasteiger partial charge < -0.3 is 14.7 Å². The maximum Gasteiger partial charge on any atom is 0.560 e. The van der Waals surface area contributed by atoms with Crippen molar-refractivity contribution in [2.75, 3.05) is 0 Å². The number of aryl methyl sites for hydroxylation is 1. The minimum Gasteiger partial charge on any atom is -0.532 e. The van der Waals surface area contributed by atoms with E-state index in [4.69, 9.17) is 4.65 Å². The van der Waals surface area contributed by atoms with Crippen LogP contribution in [0.15, 0.2) is 66.7 Å². The van der Waals surface area contributed by atoms with Crippen molar-refractivity contribution in [1.29, 1.82) is 0 Å². The lowest BCUT2D eigenvalue weighted by atomic mass is 9.53. The number of para-hydroxylation sites is 1. The van der Waals surface area contributed by atoms with Crippen LogP contribution in [0.3, 0.4) is 0 Å².